The van der Waals surface area contributed by atoms with Crippen molar-refractivity contribution in [3.05, 3.63) is 74.9 Å². The van der Waals surface area contributed by atoms with E-state index in [0.29, 0.717) is 22.9 Å². The van der Waals surface area contributed by atoms with E-state index in [1.165, 1.54) is 0 Å². The minimum atomic E-state index is -0.188. The van der Waals surface area contributed by atoms with Crippen LogP contribution in [-0.2, 0) is 7.05 Å². The fourth-order valence-corrected chi connectivity index (χ4v) is 7.66. The van der Waals surface area contributed by atoms with Gasteiger partial charge in [-0.15, -0.1) is 11.3 Å². The van der Waals surface area contributed by atoms with Crippen LogP contribution in [-0.4, -0.2) is 72.1 Å². The zero-order valence-electron chi connectivity index (χ0n) is 23.9. The Morgan fingerprint density at radius 2 is 1.95 bits per heavy atom. The zero-order chi connectivity index (χ0) is 29.4. The number of nitrogens with zero attached hydrogens (tertiary/aromatic N) is 4. The second-order valence-electron chi connectivity index (χ2n) is 10.6. The molecule has 3 aromatic heterocycles. The van der Waals surface area contributed by atoms with Crippen molar-refractivity contribution >= 4 is 78.4 Å². The number of nitrogen functional groups attached to an aromatic ring is 1. The van der Waals surface area contributed by atoms with Crippen LogP contribution in [0.5, 0.6) is 5.75 Å². The second kappa shape index (κ2) is 12.0. The number of hydrogen-bond acceptors (Lipinski definition) is 7. The molecule has 0 atom stereocenters. The molecule has 6 rings (SSSR count). The molecule has 3 N–H and O–H groups in total. The number of rotatable bonds is 7. The SMILES string of the molecule is COc1cc(-c2csc3c(C=CCN4CCN(C)CC4)cnc(N)c23)ccc1NC(=O)c1c(I)c2ccccc2n1C. The molecule has 0 bridgehead atoms. The largest absolute Gasteiger partial charge is 0.495 e. The second-order valence-corrected chi connectivity index (χ2v) is 12.5. The van der Waals surface area contributed by atoms with Crippen molar-refractivity contribution in [1.29, 1.82) is 0 Å². The minimum absolute atomic E-state index is 0.188. The van der Waals surface area contributed by atoms with Crippen LogP contribution in [0, 0.1) is 3.57 Å². The molecule has 8 nitrogen and oxygen atoms in total. The number of aryl methyl sites for hydroxylation is 1. The van der Waals surface area contributed by atoms with Crippen LogP contribution in [0.15, 0.2) is 60.1 Å². The maximum Gasteiger partial charge on any atom is 0.273 e. The molecular weight excluding hydrogens is 659 g/mol. The zero-order valence-corrected chi connectivity index (χ0v) is 26.8. The molecule has 0 radical (unpaired) electrons. The van der Waals surface area contributed by atoms with Crippen LogP contribution < -0.4 is 15.8 Å². The Morgan fingerprint density at radius 1 is 1.17 bits per heavy atom. The third kappa shape index (κ3) is 5.39. The first kappa shape index (κ1) is 28.7. The summed E-state index contributed by atoms with van der Waals surface area (Å²) in [6.45, 7) is 5.28. The number of pyridine rings is 1. The van der Waals surface area contributed by atoms with E-state index in [2.05, 4.69) is 67.3 Å². The van der Waals surface area contributed by atoms with Gasteiger partial charge in [0.25, 0.3) is 5.91 Å². The number of piperazine rings is 1. The van der Waals surface area contributed by atoms with Crippen LogP contribution in [0.4, 0.5) is 11.5 Å². The molecule has 1 saturated heterocycles. The smallest absolute Gasteiger partial charge is 0.273 e. The van der Waals surface area contributed by atoms with Crippen molar-refractivity contribution in [2.75, 3.05) is 57.9 Å². The van der Waals surface area contributed by atoms with E-state index in [1.807, 2.05) is 60.3 Å². The van der Waals surface area contributed by atoms with Crippen molar-refractivity contribution in [2.45, 2.75) is 0 Å². The van der Waals surface area contributed by atoms with Gasteiger partial charge in [-0.1, -0.05) is 36.4 Å². The summed E-state index contributed by atoms with van der Waals surface area (Å²) < 4.78 is 9.69. The summed E-state index contributed by atoms with van der Waals surface area (Å²) in [6.07, 6.45) is 6.22. The summed E-state index contributed by atoms with van der Waals surface area (Å²) in [5.41, 5.74) is 11.7. The normalized spacial score (nSPS) is 14.8. The number of aromatic nitrogens is 2. The Kier molecular flexibility index (Phi) is 8.22. The Labute approximate surface area is 262 Å². The van der Waals surface area contributed by atoms with Crippen molar-refractivity contribution in [3.63, 3.8) is 0 Å². The quantitative estimate of drug-likeness (QED) is 0.199. The minimum Gasteiger partial charge on any atom is -0.495 e. The van der Waals surface area contributed by atoms with Crippen molar-refractivity contribution in [2.24, 2.45) is 7.05 Å². The molecule has 0 spiro atoms. The van der Waals surface area contributed by atoms with Gasteiger partial charge in [-0.05, 0) is 58.8 Å². The molecule has 1 fully saturated rings. The van der Waals surface area contributed by atoms with Crippen LogP contribution in [0.1, 0.15) is 16.1 Å². The maximum atomic E-state index is 13.4. The molecule has 10 heteroatoms. The summed E-state index contributed by atoms with van der Waals surface area (Å²) >= 11 is 3.90. The number of carbonyl (C=O) groups is 1. The fourth-order valence-electron chi connectivity index (χ4n) is 5.52. The predicted octanol–water partition coefficient (Wildman–Crippen LogP) is 6.16. The Balaban J connectivity index is 1.27. The number of para-hydroxylation sites is 1. The molecule has 2 aromatic carbocycles. The number of fused-ring (bicyclic) bond motifs is 2. The van der Waals surface area contributed by atoms with Crippen LogP contribution in [0.25, 0.3) is 38.2 Å². The summed E-state index contributed by atoms with van der Waals surface area (Å²) in [6, 6.07) is 13.8. The molecule has 42 heavy (non-hydrogen) atoms. The monoisotopic (exact) mass is 692 g/mol. The number of methoxy groups -OCH3 is 1. The molecule has 0 saturated carbocycles. The highest BCUT2D eigenvalue weighted by Crippen LogP contribution is 2.41. The molecule has 4 heterocycles. The van der Waals surface area contributed by atoms with Gasteiger partial charge in [0.05, 0.1) is 16.4 Å². The van der Waals surface area contributed by atoms with Gasteiger partial charge >= 0.3 is 0 Å². The highest BCUT2D eigenvalue weighted by Gasteiger charge is 2.21. The number of amides is 1. The average Bonchev–Trinajstić information content (AvgIpc) is 3.56. The van der Waals surface area contributed by atoms with E-state index in [4.69, 9.17) is 10.5 Å². The van der Waals surface area contributed by atoms with Crippen LogP contribution in [0.2, 0.25) is 0 Å². The summed E-state index contributed by atoms with van der Waals surface area (Å²) in [4.78, 5) is 22.8. The molecule has 5 aromatic rings. The van der Waals surface area contributed by atoms with Crippen LogP contribution >= 0.6 is 33.9 Å². The van der Waals surface area contributed by atoms with Crippen LogP contribution in [0.3, 0.4) is 0 Å². The Hall–Kier alpha value is -3.45. The third-order valence-corrected chi connectivity index (χ3v) is 10.1. The highest BCUT2D eigenvalue weighted by atomic mass is 127. The average molecular weight is 693 g/mol. The molecule has 1 aliphatic heterocycles. The maximum absolute atomic E-state index is 13.4. The predicted molar refractivity (Wildman–Crippen MR) is 183 cm³/mol. The fraction of sp³-hybridized carbons (Fsp3) is 0.250. The summed E-state index contributed by atoms with van der Waals surface area (Å²) in [5.74, 6) is 0.884. The van der Waals surface area contributed by atoms with Gasteiger partial charge in [-0.25, -0.2) is 4.98 Å². The number of hydrogen-bond donors (Lipinski definition) is 2. The molecule has 216 valence electrons. The first-order chi connectivity index (χ1) is 20.4. The standard InChI is InChI=1S/C32H33IN6O2S/c1-37-13-15-39(16-14-37)12-6-7-21-18-35-31(34)27-23(19-42-30(21)27)20-10-11-24(26(17-20)41-3)36-32(40)29-28(33)22-8-4-5-9-25(22)38(29)2/h4-11,17-19H,12-16H2,1-3H3,(H2,34,35)(H,36,40). The molecular formula is C32H33IN6O2S. The first-order valence-corrected chi connectivity index (χ1v) is 15.8. The van der Waals surface area contributed by atoms with E-state index in [9.17, 15) is 4.79 Å². The molecule has 0 aliphatic carbocycles. The van der Waals surface area contributed by atoms with E-state index in [1.54, 1.807) is 18.4 Å². The van der Waals surface area contributed by atoms with Gasteiger partial charge in [0.1, 0.15) is 17.3 Å². The number of ether oxygens (including phenoxy) is 1. The topological polar surface area (TPSA) is 88.7 Å². The van der Waals surface area contributed by atoms with Gasteiger partial charge in [-0.2, -0.15) is 0 Å². The third-order valence-electron chi connectivity index (χ3n) is 7.93. The summed E-state index contributed by atoms with van der Waals surface area (Å²) in [7, 11) is 5.69. The first-order valence-electron chi connectivity index (χ1n) is 13.8. The number of nitrogens with one attached hydrogen (secondary N) is 1. The number of thiophene rings is 1. The Morgan fingerprint density at radius 3 is 2.71 bits per heavy atom. The van der Waals surface area contributed by atoms with Crippen molar-refractivity contribution in [1.82, 2.24) is 19.4 Å². The van der Waals surface area contributed by atoms with Gasteiger partial charge in [0.15, 0.2) is 0 Å². The van der Waals surface area contributed by atoms with E-state index in [0.717, 1.165) is 74.0 Å². The van der Waals surface area contributed by atoms with Gasteiger partial charge in [0, 0.05) is 78.1 Å². The van der Waals surface area contributed by atoms with Crippen molar-refractivity contribution in [3.8, 4) is 16.9 Å². The number of carbonyl (C=O) groups excluding carboxylic acids is 1. The van der Waals surface area contributed by atoms with E-state index >= 15 is 0 Å². The van der Waals surface area contributed by atoms with Gasteiger partial charge < -0.3 is 25.3 Å². The number of nitrogens with two attached hydrogens (primary N) is 1. The van der Waals surface area contributed by atoms with E-state index < -0.39 is 0 Å². The number of anilines is 2. The van der Waals surface area contributed by atoms with Gasteiger partial charge in [0.2, 0.25) is 0 Å². The van der Waals surface area contributed by atoms with Gasteiger partial charge in [-0.3, -0.25) is 9.69 Å². The lowest BCUT2D eigenvalue weighted by molar-refractivity contribution is 0.101. The lowest BCUT2D eigenvalue weighted by atomic mass is 10.0. The van der Waals surface area contributed by atoms with Crippen molar-refractivity contribution < 1.29 is 9.53 Å². The Bertz CT molecular complexity index is 1780. The van der Waals surface area contributed by atoms with E-state index in [-0.39, 0.29) is 5.91 Å². The molecule has 1 aliphatic rings. The lowest BCUT2D eigenvalue weighted by Gasteiger charge is -2.31. The summed E-state index contributed by atoms with van der Waals surface area (Å²) in [5, 5.41) is 7.17. The molecule has 1 amide bonds. The lowest BCUT2D eigenvalue weighted by Crippen LogP contribution is -2.44. The number of benzene rings is 2. The number of halogens is 1. The molecule has 0 unspecified atom stereocenters. The highest BCUT2D eigenvalue weighted by molar-refractivity contribution is 14.1. The number of likely N-dealkylation sites (N-methyl/N-ethyl adjacent to an activating group) is 1.